The first-order chi connectivity index (χ1) is 10.1. The molecule has 0 aliphatic carbocycles. The van der Waals surface area contributed by atoms with Gasteiger partial charge in [-0.2, -0.15) is 0 Å². The van der Waals surface area contributed by atoms with Gasteiger partial charge in [0.1, 0.15) is 0 Å². The van der Waals surface area contributed by atoms with Gasteiger partial charge in [-0.15, -0.1) is 0 Å². The maximum atomic E-state index is 11.1. The highest BCUT2D eigenvalue weighted by Crippen LogP contribution is 2.18. The number of rotatable bonds is 11. The Labute approximate surface area is 128 Å². The summed E-state index contributed by atoms with van der Waals surface area (Å²) in [5.41, 5.74) is 0. The largest absolute Gasteiger partial charge is 0.393 e. The minimum Gasteiger partial charge on any atom is -0.393 e. The van der Waals surface area contributed by atoms with E-state index in [2.05, 4.69) is 13.5 Å². The molecule has 1 fully saturated rings. The van der Waals surface area contributed by atoms with Crippen molar-refractivity contribution in [2.45, 2.75) is 83.2 Å². The van der Waals surface area contributed by atoms with Crippen molar-refractivity contribution in [2.75, 3.05) is 6.61 Å². The van der Waals surface area contributed by atoms with Gasteiger partial charge < -0.3 is 14.6 Å². The van der Waals surface area contributed by atoms with Crippen LogP contribution in [0.1, 0.15) is 64.7 Å². The number of hydrogen-bond acceptors (Lipinski definition) is 4. The first-order valence-corrected chi connectivity index (χ1v) is 8.22. The number of ketones is 1. The van der Waals surface area contributed by atoms with Gasteiger partial charge in [-0.1, -0.05) is 6.58 Å². The van der Waals surface area contributed by atoms with E-state index in [-0.39, 0.29) is 24.3 Å². The molecule has 0 bridgehead atoms. The fraction of sp³-hybridized carbons (Fsp3) is 0.824. The van der Waals surface area contributed by atoms with Crippen LogP contribution in [-0.4, -0.2) is 36.0 Å². The molecule has 4 heteroatoms. The first kappa shape index (κ1) is 18.3. The third kappa shape index (κ3) is 9.02. The van der Waals surface area contributed by atoms with Gasteiger partial charge in [0.05, 0.1) is 12.2 Å². The van der Waals surface area contributed by atoms with Gasteiger partial charge in [-0.3, -0.25) is 4.79 Å². The molecule has 0 radical (unpaired) electrons. The third-order valence-corrected chi connectivity index (χ3v) is 3.86. The van der Waals surface area contributed by atoms with Gasteiger partial charge >= 0.3 is 0 Å². The van der Waals surface area contributed by atoms with E-state index >= 15 is 0 Å². The molecule has 1 heterocycles. The normalized spacial score (nSPS) is 21.7. The lowest BCUT2D eigenvalue weighted by molar-refractivity contribution is -0.185. The number of carbonyl (C=O) groups is 1. The number of aliphatic hydroxyl groups excluding tert-OH is 1. The molecule has 3 atom stereocenters. The van der Waals surface area contributed by atoms with Gasteiger partial charge in [0.25, 0.3) is 0 Å². The Balaban J connectivity index is 2.00. The Hall–Kier alpha value is -0.710. The molecular weight excluding hydrogens is 268 g/mol. The zero-order valence-electron chi connectivity index (χ0n) is 13.3. The third-order valence-electron chi connectivity index (χ3n) is 3.86. The number of ether oxygens (including phenoxy) is 2. The van der Waals surface area contributed by atoms with Crippen molar-refractivity contribution in [2.24, 2.45) is 0 Å². The van der Waals surface area contributed by atoms with Crippen molar-refractivity contribution in [3.63, 3.8) is 0 Å². The highest BCUT2D eigenvalue weighted by atomic mass is 16.7. The van der Waals surface area contributed by atoms with E-state index in [1.165, 1.54) is 12.5 Å². The van der Waals surface area contributed by atoms with Crippen LogP contribution < -0.4 is 0 Å². The molecule has 1 aliphatic heterocycles. The molecule has 3 unspecified atom stereocenters. The van der Waals surface area contributed by atoms with E-state index in [4.69, 9.17) is 9.47 Å². The van der Waals surface area contributed by atoms with Gasteiger partial charge in [-0.25, -0.2) is 0 Å². The van der Waals surface area contributed by atoms with Gasteiger partial charge in [0, 0.05) is 13.0 Å². The number of aliphatic hydroxyl groups is 1. The van der Waals surface area contributed by atoms with Crippen LogP contribution >= 0.6 is 0 Å². The summed E-state index contributed by atoms with van der Waals surface area (Å²) >= 11 is 0. The van der Waals surface area contributed by atoms with Crippen molar-refractivity contribution >= 4 is 5.78 Å². The number of hydrogen-bond donors (Lipinski definition) is 1. The monoisotopic (exact) mass is 298 g/mol. The Morgan fingerprint density at radius 1 is 1.38 bits per heavy atom. The average Bonchev–Trinajstić information content (AvgIpc) is 2.48. The SMILES string of the molecule is C=CC(=O)CCCC(O)CCCC(C)OC1CCCCO1. The molecule has 0 spiro atoms. The Kier molecular flexibility index (Phi) is 9.55. The maximum absolute atomic E-state index is 11.1. The van der Waals surface area contributed by atoms with Crippen LogP contribution in [0.5, 0.6) is 0 Å². The highest BCUT2D eigenvalue weighted by molar-refractivity contribution is 5.88. The topological polar surface area (TPSA) is 55.8 Å². The molecule has 4 nitrogen and oxygen atoms in total. The summed E-state index contributed by atoms with van der Waals surface area (Å²) in [6.45, 7) is 6.31. The molecule has 1 rings (SSSR count). The lowest BCUT2D eigenvalue weighted by Gasteiger charge is -2.26. The van der Waals surface area contributed by atoms with Crippen LogP contribution in [-0.2, 0) is 14.3 Å². The van der Waals surface area contributed by atoms with Crippen molar-refractivity contribution in [1.82, 2.24) is 0 Å². The summed E-state index contributed by atoms with van der Waals surface area (Å²) in [6, 6.07) is 0. The van der Waals surface area contributed by atoms with Crippen molar-refractivity contribution in [3.8, 4) is 0 Å². The van der Waals surface area contributed by atoms with E-state index in [1.807, 2.05) is 0 Å². The van der Waals surface area contributed by atoms with Crippen LogP contribution in [0.15, 0.2) is 12.7 Å². The van der Waals surface area contributed by atoms with Crippen LogP contribution in [0.2, 0.25) is 0 Å². The number of carbonyl (C=O) groups excluding carboxylic acids is 1. The summed E-state index contributed by atoms with van der Waals surface area (Å²) in [7, 11) is 0. The summed E-state index contributed by atoms with van der Waals surface area (Å²) in [6.07, 6.45) is 8.99. The molecule has 0 amide bonds. The van der Waals surface area contributed by atoms with E-state index in [0.29, 0.717) is 12.8 Å². The fourth-order valence-electron chi connectivity index (χ4n) is 2.54. The van der Waals surface area contributed by atoms with E-state index < -0.39 is 0 Å². The number of allylic oxidation sites excluding steroid dienone is 1. The molecule has 0 saturated carbocycles. The summed E-state index contributed by atoms with van der Waals surface area (Å²) in [5.74, 6) is 0.0525. The molecule has 0 aromatic heterocycles. The molecule has 21 heavy (non-hydrogen) atoms. The summed E-state index contributed by atoms with van der Waals surface area (Å²) in [4.78, 5) is 11.1. The van der Waals surface area contributed by atoms with Crippen LogP contribution in [0.4, 0.5) is 0 Å². The molecule has 122 valence electrons. The molecule has 1 saturated heterocycles. The predicted octanol–water partition coefficient (Wildman–Crippen LogP) is 3.37. The summed E-state index contributed by atoms with van der Waals surface area (Å²) < 4.78 is 11.4. The van der Waals surface area contributed by atoms with E-state index in [9.17, 15) is 9.90 Å². The molecule has 1 N–H and O–H groups in total. The second-order valence-corrected chi connectivity index (χ2v) is 5.89. The zero-order chi connectivity index (χ0) is 15.5. The van der Waals surface area contributed by atoms with Crippen LogP contribution in [0.25, 0.3) is 0 Å². The van der Waals surface area contributed by atoms with Crippen LogP contribution in [0.3, 0.4) is 0 Å². The zero-order valence-corrected chi connectivity index (χ0v) is 13.3. The van der Waals surface area contributed by atoms with Crippen molar-refractivity contribution in [1.29, 1.82) is 0 Å². The standard InChI is InChI=1S/C17H30O4/c1-3-15(18)9-7-11-16(19)10-6-8-14(2)21-17-12-4-5-13-20-17/h3,14,16-17,19H,1,4-13H2,2H3. The second-order valence-electron chi connectivity index (χ2n) is 5.89. The highest BCUT2D eigenvalue weighted by Gasteiger charge is 2.17. The van der Waals surface area contributed by atoms with Gasteiger partial charge in [0.15, 0.2) is 12.1 Å². The predicted molar refractivity (Wildman–Crippen MR) is 83.1 cm³/mol. The minimum atomic E-state index is -0.319. The molecule has 0 aromatic rings. The molecule has 1 aliphatic rings. The van der Waals surface area contributed by atoms with Crippen molar-refractivity contribution in [3.05, 3.63) is 12.7 Å². The lowest BCUT2D eigenvalue weighted by Crippen LogP contribution is -2.26. The lowest BCUT2D eigenvalue weighted by atomic mass is 10.0. The van der Waals surface area contributed by atoms with Crippen LogP contribution in [0, 0.1) is 0 Å². The summed E-state index contributed by atoms with van der Waals surface area (Å²) in [5, 5.41) is 9.87. The molecule has 0 aromatic carbocycles. The fourth-order valence-corrected chi connectivity index (χ4v) is 2.54. The molecular formula is C17H30O4. The Morgan fingerprint density at radius 2 is 2.14 bits per heavy atom. The van der Waals surface area contributed by atoms with E-state index in [0.717, 1.165) is 45.1 Å². The minimum absolute atomic E-state index is 0.0383. The van der Waals surface area contributed by atoms with Gasteiger partial charge in [0.2, 0.25) is 0 Å². The second kappa shape index (κ2) is 10.9. The maximum Gasteiger partial charge on any atom is 0.157 e. The first-order valence-electron chi connectivity index (χ1n) is 8.22. The van der Waals surface area contributed by atoms with Crippen molar-refractivity contribution < 1.29 is 19.4 Å². The van der Waals surface area contributed by atoms with Gasteiger partial charge in [-0.05, 0) is 64.4 Å². The smallest absolute Gasteiger partial charge is 0.157 e. The Bertz CT molecular complexity index is 297. The van der Waals surface area contributed by atoms with E-state index in [1.54, 1.807) is 0 Å². The average molecular weight is 298 g/mol. The quantitative estimate of drug-likeness (QED) is 0.594. The Morgan fingerprint density at radius 3 is 2.81 bits per heavy atom.